The highest BCUT2D eigenvalue weighted by atomic mass is 16.5. The minimum Gasteiger partial charge on any atom is -0.379 e. The zero-order valence-corrected chi connectivity index (χ0v) is 11.0. The van der Waals surface area contributed by atoms with Gasteiger partial charge < -0.3 is 19.5 Å². The Hall–Kier alpha value is -0.160. The fourth-order valence-corrected chi connectivity index (χ4v) is 1.15. The van der Waals surface area contributed by atoms with Crippen LogP contribution in [0.25, 0.3) is 0 Å². The van der Waals surface area contributed by atoms with Crippen molar-refractivity contribution >= 4 is 0 Å². The second-order valence-corrected chi connectivity index (χ2v) is 3.83. The molecule has 0 aliphatic rings. The summed E-state index contributed by atoms with van der Waals surface area (Å²) in [6.45, 7) is 11.7. The van der Waals surface area contributed by atoms with E-state index in [1.807, 2.05) is 6.92 Å². The lowest BCUT2D eigenvalue weighted by molar-refractivity contribution is 0.0532. The molecule has 0 radical (unpaired) electrons. The third-order valence-corrected chi connectivity index (χ3v) is 1.95. The summed E-state index contributed by atoms with van der Waals surface area (Å²) in [4.78, 5) is 0. The highest BCUT2D eigenvalue weighted by Crippen LogP contribution is 1.88. The fourth-order valence-electron chi connectivity index (χ4n) is 1.15. The van der Waals surface area contributed by atoms with Gasteiger partial charge in [0.2, 0.25) is 0 Å². The molecule has 0 aromatic heterocycles. The van der Waals surface area contributed by atoms with Crippen molar-refractivity contribution in [1.82, 2.24) is 5.32 Å². The summed E-state index contributed by atoms with van der Waals surface area (Å²) in [5, 5.41) is 3.30. The van der Waals surface area contributed by atoms with Crippen molar-refractivity contribution in [2.45, 2.75) is 33.3 Å². The van der Waals surface area contributed by atoms with Crippen molar-refractivity contribution in [2.24, 2.45) is 0 Å². The monoisotopic (exact) mass is 233 g/mol. The van der Waals surface area contributed by atoms with Gasteiger partial charge in [0.1, 0.15) is 0 Å². The first kappa shape index (κ1) is 15.8. The fraction of sp³-hybridized carbons (Fsp3) is 1.00. The van der Waals surface area contributed by atoms with E-state index < -0.39 is 0 Å². The van der Waals surface area contributed by atoms with Gasteiger partial charge in [0.25, 0.3) is 0 Å². The largest absolute Gasteiger partial charge is 0.379 e. The summed E-state index contributed by atoms with van der Waals surface area (Å²) in [5.74, 6) is 0. The molecule has 4 heteroatoms. The molecule has 0 spiro atoms. The van der Waals surface area contributed by atoms with Gasteiger partial charge in [0, 0.05) is 19.8 Å². The summed E-state index contributed by atoms with van der Waals surface area (Å²) >= 11 is 0. The van der Waals surface area contributed by atoms with Crippen LogP contribution in [0.2, 0.25) is 0 Å². The Kier molecular flexibility index (Phi) is 12.8. The molecule has 0 atom stereocenters. The quantitative estimate of drug-likeness (QED) is 0.518. The molecule has 0 saturated heterocycles. The molecule has 0 saturated carbocycles. The van der Waals surface area contributed by atoms with Crippen molar-refractivity contribution in [3.8, 4) is 0 Å². The topological polar surface area (TPSA) is 39.7 Å². The van der Waals surface area contributed by atoms with E-state index in [4.69, 9.17) is 14.2 Å². The highest BCUT2D eigenvalue weighted by Gasteiger charge is 1.93. The number of rotatable bonds is 12. The van der Waals surface area contributed by atoms with E-state index >= 15 is 0 Å². The molecule has 98 valence electrons. The van der Waals surface area contributed by atoms with Crippen LogP contribution in [0.3, 0.4) is 0 Å². The van der Waals surface area contributed by atoms with Crippen LogP contribution in [0.1, 0.15) is 27.2 Å². The minimum absolute atomic E-state index is 0.335. The van der Waals surface area contributed by atoms with E-state index in [1.165, 1.54) is 0 Å². The Morgan fingerprint density at radius 1 is 0.938 bits per heavy atom. The van der Waals surface area contributed by atoms with Crippen molar-refractivity contribution in [3.05, 3.63) is 0 Å². The maximum absolute atomic E-state index is 5.43. The van der Waals surface area contributed by atoms with E-state index in [1.54, 1.807) is 0 Å². The standard InChI is InChI=1S/C12H27NO3/c1-4-14-10-11-15-9-7-13-6-5-8-16-12(2)3/h12-13H,4-11H2,1-3H3. The predicted octanol–water partition coefficient (Wildman–Crippen LogP) is 1.44. The minimum atomic E-state index is 0.335. The van der Waals surface area contributed by atoms with Gasteiger partial charge in [-0.15, -0.1) is 0 Å². The number of hydrogen-bond donors (Lipinski definition) is 1. The maximum Gasteiger partial charge on any atom is 0.0701 e. The summed E-state index contributed by atoms with van der Waals surface area (Å²) in [7, 11) is 0. The van der Waals surface area contributed by atoms with Crippen LogP contribution < -0.4 is 5.32 Å². The number of hydrogen-bond acceptors (Lipinski definition) is 4. The average Bonchev–Trinajstić information content (AvgIpc) is 2.25. The number of nitrogens with one attached hydrogen (secondary N) is 1. The van der Waals surface area contributed by atoms with Crippen molar-refractivity contribution < 1.29 is 14.2 Å². The van der Waals surface area contributed by atoms with E-state index in [0.29, 0.717) is 19.3 Å². The Morgan fingerprint density at radius 3 is 2.38 bits per heavy atom. The molecule has 0 amide bonds. The van der Waals surface area contributed by atoms with Crippen LogP contribution in [-0.2, 0) is 14.2 Å². The van der Waals surface area contributed by atoms with Gasteiger partial charge in [0.05, 0.1) is 25.9 Å². The lowest BCUT2D eigenvalue weighted by Crippen LogP contribution is -2.23. The Bertz CT molecular complexity index is 131. The third kappa shape index (κ3) is 13.8. The van der Waals surface area contributed by atoms with E-state index in [0.717, 1.165) is 39.3 Å². The van der Waals surface area contributed by atoms with E-state index in [2.05, 4.69) is 19.2 Å². The maximum atomic E-state index is 5.43. The summed E-state index contributed by atoms with van der Waals surface area (Å²) in [5.41, 5.74) is 0. The lowest BCUT2D eigenvalue weighted by Gasteiger charge is -2.08. The van der Waals surface area contributed by atoms with Gasteiger partial charge in [-0.3, -0.25) is 0 Å². The van der Waals surface area contributed by atoms with Crippen LogP contribution in [0.4, 0.5) is 0 Å². The summed E-state index contributed by atoms with van der Waals surface area (Å²) in [6.07, 6.45) is 1.39. The first-order valence-corrected chi connectivity index (χ1v) is 6.25. The van der Waals surface area contributed by atoms with E-state index in [-0.39, 0.29) is 0 Å². The van der Waals surface area contributed by atoms with Crippen molar-refractivity contribution in [1.29, 1.82) is 0 Å². The predicted molar refractivity (Wildman–Crippen MR) is 65.9 cm³/mol. The normalized spacial score (nSPS) is 11.2. The molecular weight excluding hydrogens is 206 g/mol. The summed E-state index contributed by atoms with van der Waals surface area (Å²) < 4.78 is 15.9. The second kappa shape index (κ2) is 12.9. The molecule has 0 aliphatic carbocycles. The molecule has 0 fully saturated rings. The van der Waals surface area contributed by atoms with Crippen LogP contribution >= 0.6 is 0 Å². The van der Waals surface area contributed by atoms with Gasteiger partial charge in [-0.05, 0) is 33.7 Å². The Labute approximate surface area is 99.6 Å². The first-order valence-electron chi connectivity index (χ1n) is 6.25. The van der Waals surface area contributed by atoms with Gasteiger partial charge in [-0.2, -0.15) is 0 Å². The van der Waals surface area contributed by atoms with Crippen LogP contribution in [0.15, 0.2) is 0 Å². The number of ether oxygens (including phenoxy) is 3. The second-order valence-electron chi connectivity index (χ2n) is 3.83. The molecule has 16 heavy (non-hydrogen) atoms. The van der Waals surface area contributed by atoms with E-state index in [9.17, 15) is 0 Å². The molecule has 0 aliphatic heterocycles. The Morgan fingerprint density at radius 2 is 1.69 bits per heavy atom. The van der Waals surface area contributed by atoms with Crippen molar-refractivity contribution in [3.63, 3.8) is 0 Å². The smallest absolute Gasteiger partial charge is 0.0701 e. The first-order chi connectivity index (χ1) is 7.77. The molecule has 0 rings (SSSR count). The van der Waals surface area contributed by atoms with Gasteiger partial charge in [0.15, 0.2) is 0 Å². The zero-order chi connectivity index (χ0) is 12.1. The average molecular weight is 233 g/mol. The molecule has 0 aromatic carbocycles. The third-order valence-electron chi connectivity index (χ3n) is 1.95. The molecule has 0 aromatic rings. The van der Waals surface area contributed by atoms with Crippen molar-refractivity contribution in [2.75, 3.05) is 46.1 Å². The van der Waals surface area contributed by atoms with Crippen LogP contribution in [0.5, 0.6) is 0 Å². The molecule has 0 unspecified atom stereocenters. The van der Waals surface area contributed by atoms with Crippen LogP contribution in [0, 0.1) is 0 Å². The highest BCUT2D eigenvalue weighted by molar-refractivity contribution is 4.47. The molecule has 1 N–H and O–H groups in total. The molecule has 0 bridgehead atoms. The van der Waals surface area contributed by atoms with Gasteiger partial charge in [-0.25, -0.2) is 0 Å². The zero-order valence-electron chi connectivity index (χ0n) is 11.0. The molecule has 4 nitrogen and oxygen atoms in total. The van der Waals surface area contributed by atoms with Crippen LogP contribution in [-0.4, -0.2) is 52.2 Å². The summed E-state index contributed by atoms with van der Waals surface area (Å²) in [6, 6.07) is 0. The molecular formula is C12H27NO3. The molecule has 0 heterocycles. The van der Waals surface area contributed by atoms with Gasteiger partial charge >= 0.3 is 0 Å². The Balaban J connectivity index is 2.88. The van der Waals surface area contributed by atoms with Gasteiger partial charge in [-0.1, -0.05) is 0 Å². The lowest BCUT2D eigenvalue weighted by atomic mass is 10.4. The SMILES string of the molecule is CCOCCOCCNCCCOC(C)C.